The molecule has 1 saturated heterocycles. The van der Waals surface area contributed by atoms with Gasteiger partial charge in [-0.25, -0.2) is 0 Å². The lowest BCUT2D eigenvalue weighted by Crippen LogP contribution is -2.54. The van der Waals surface area contributed by atoms with Crippen molar-refractivity contribution in [2.75, 3.05) is 33.4 Å². The number of piperidine rings is 1. The Morgan fingerprint density at radius 1 is 1.60 bits per heavy atom. The summed E-state index contributed by atoms with van der Waals surface area (Å²) in [6.07, 6.45) is 2.49. The van der Waals surface area contributed by atoms with E-state index in [1.165, 1.54) is 12.8 Å². The van der Waals surface area contributed by atoms with Gasteiger partial charge in [-0.05, 0) is 25.3 Å². The first-order valence-corrected chi connectivity index (χ1v) is 5.78. The molecule has 0 radical (unpaired) electrons. The van der Waals surface area contributed by atoms with Crippen LogP contribution in [0.25, 0.3) is 0 Å². The maximum Gasteiger partial charge on any atom is 0.0629 e. The Labute approximate surface area is 92.4 Å². The maximum absolute atomic E-state index is 9.38. The fraction of sp³-hybridized carbons (Fsp3) is 1.00. The van der Waals surface area contributed by atoms with Crippen LogP contribution in [0.1, 0.15) is 19.8 Å². The van der Waals surface area contributed by atoms with Crippen molar-refractivity contribution >= 4 is 0 Å². The minimum atomic E-state index is -0.0923. The molecule has 0 aromatic carbocycles. The van der Waals surface area contributed by atoms with E-state index >= 15 is 0 Å². The molecule has 0 spiro atoms. The smallest absolute Gasteiger partial charge is 0.0629 e. The highest BCUT2D eigenvalue weighted by Gasteiger charge is 2.27. The van der Waals surface area contributed by atoms with Crippen LogP contribution in [-0.2, 0) is 4.74 Å². The van der Waals surface area contributed by atoms with Crippen molar-refractivity contribution < 1.29 is 9.84 Å². The van der Waals surface area contributed by atoms with Gasteiger partial charge in [0.1, 0.15) is 0 Å². The average molecular weight is 216 g/mol. The molecule has 3 atom stereocenters. The first-order valence-electron chi connectivity index (χ1n) is 5.78. The molecule has 4 nitrogen and oxygen atoms in total. The first kappa shape index (κ1) is 12.9. The number of hydrogen-bond donors (Lipinski definition) is 2. The summed E-state index contributed by atoms with van der Waals surface area (Å²) in [5, 5.41) is 9.38. The number of rotatable bonds is 5. The molecule has 0 amide bonds. The lowest BCUT2D eigenvalue weighted by atomic mass is 9.97. The molecule has 1 heterocycles. The van der Waals surface area contributed by atoms with Gasteiger partial charge in [-0.3, -0.25) is 4.90 Å². The number of likely N-dealkylation sites (tertiary alicyclic amines) is 1. The zero-order valence-corrected chi connectivity index (χ0v) is 9.85. The van der Waals surface area contributed by atoms with Gasteiger partial charge in [0.25, 0.3) is 0 Å². The van der Waals surface area contributed by atoms with Crippen molar-refractivity contribution in [1.29, 1.82) is 0 Å². The molecule has 1 aliphatic heterocycles. The molecule has 0 aromatic heterocycles. The van der Waals surface area contributed by atoms with Crippen molar-refractivity contribution in [3.05, 3.63) is 0 Å². The number of aliphatic hydroxyl groups is 1. The summed E-state index contributed by atoms with van der Waals surface area (Å²) < 4.78 is 5.04. The quantitative estimate of drug-likeness (QED) is 0.682. The number of nitrogens with zero attached hydrogens (tertiary/aromatic N) is 1. The van der Waals surface area contributed by atoms with Crippen molar-refractivity contribution in [1.82, 2.24) is 4.90 Å². The van der Waals surface area contributed by atoms with Gasteiger partial charge < -0.3 is 15.6 Å². The van der Waals surface area contributed by atoms with Crippen molar-refractivity contribution in [3.63, 3.8) is 0 Å². The van der Waals surface area contributed by atoms with Crippen LogP contribution >= 0.6 is 0 Å². The van der Waals surface area contributed by atoms with Crippen molar-refractivity contribution in [2.24, 2.45) is 11.7 Å². The summed E-state index contributed by atoms with van der Waals surface area (Å²) in [4.78, 5) is 2.30. The molecule has 0 saturated carbocycles. The van der Waals surface area contributed by atoms with Crippen LogP contribution in [-0.4, -0.2) is 55.5 Å². The van der Waals surface area contributed by atoms with E-state index < -0.39 is 0 Å². The van der Waals surface area contributed by atoms with E-state index in [0.717, 1.165) is 13.1 Å². The fourth-order valence-corrected chi connectivity index (χ4v) is 2.35. The van der Waals surface area contributed by atoms with E-state index in [9.17, 15) is 5.11 Å². The Morgan fingerprint density at radius 2 is 2.33 bits per heavy atom. The Kier molecular flexibility index (Phi) is 5.53. The summed E-state index contributed by atoms with van der Waals surface area (Å²) in [5.41, 5.74) is 5.99. The number of nitrogens with two attached hydrogens (primary N) is 1. The van der Waals surface area contributed by atoms with Crippen LogP contribution in [0.3, 0.4) is 0 Å². The Morgan fingerprint density at radius 3 is 2.87 bits per heavy atom. The monoisotopic (exact) mass is 216 g/mol. The zero-order chi connectivity index (χ0) is 11.3. The molecular formula is C11H24N2O2. The van der Waals surface area contributed by atoms with E-state index in [1.54, 1.807) is 7.11 Å². The van der Waals surface area contributed by atoms with Gasteiger partial charge in [-0.2, -0.15) is 0 Å². The van der Waals surface area contributed by atoms with Crippen LogP contribution in [0, 0.1) is 5.92 Å². The van der Waals surface area contributed by atoms with Gasteiger partial charge in [0.2, 0.25) is 0 Å². The zero-order valence-electron chi connectivity index (χ0n) is 9.85. The van der Waals surface area contributed by atoms with Gasteiger partial charge in [-0.1, -0.05) is 6.92 Å². The third-order valence-corrected chi connectivity index (χ3v) is 3.20. The summed E-state index contributed by atoms with van der Waals surface area (Å²) >= 11 is 0. The predicted molar refractivity (Wildman–Crippen MR) is 60.7 cm³/mol. The fourth-order valence-electron chi connectivity index (χ4n) is 2.35. The predicted octanol–water partition coefficient (Wildman–Crippen LogP) is 0.0529. The van der Waals surface area contributed by atoms with Crippen molar-refractivity contribution in [3.8, 4) is 0 Å². The molecule has 90 valence electrons. The number of aliphatic hydroxyl groups excluding tert-OH is 1. The van der Waals surface area contributed by atoms with Crippen LogP contribution in [0.4, 0.5) is 0 Å². The molecule has 0 aromatic rings. The van der Waals surface area contributed by atoms with Gasteiger partial charge in [0.05, 0.1) is 19.3 Å². The molecule has 3 N–H and O–H groups in total. The molecule has 3 unspecified atom stereocenters. The van der Waals surface area contributed by atoms with E-state index in [-0.39, 0.29) is 18.7 Å². The topological polar surface area (TPSA) is 58.7 Å². The summed E-state index contributed by atoms with van der Waals surface area (Å²) in [6, 6.07) is -0.0435. The highest BCUT2D eigenvalue weighted by Crippen LogP contribution is 2.18. The molecular weight excluding hydrogens is 192 g/mol. The summed E-state index contributed by atoms with van der Waals surface area (Å²) in [5.74, 6) is 0.711. The van der Waals surface area contributed by atoms with Gasteiger partial charge in [0.15, 0.2) is 0 Å². The lowest BCUT2D eigenvalue weighted by Gasteiger charge is -2.38. The lowest BCUT2D eigenvalue weighted by molar-refractivity contribution is 0.0463. The van der Waals surface area contributed by atoms with E-state index in [0.29, 0.717) is 12.5 Å². The van der Waals surface area contributed by atoms with Gasteiger partial charge in [0, 0.05) is 19.7 Å². The largest absolute Gasteiger partial charge is 0.395 e. The summed E-state index contributed by atoms with van der Waals surface area (Å²) in [7, 11) is 1.65. The Hall–Kier alpha value is -0.160. The second-order valence-electron chi connectivity index (χ2n) is 4.61. The second kappa shape index (κ2) is 6.43. The van der Waals surface area contributed by atoms with Gasteiger partial charge in [-0.15, -0.1) is 0 Å². The molecule has 15 heavy (non-hydrogen) atoms. The van der Waals surface area contributed by atoms with Gasteiger partial charge >= 0.3 is 0 Å². The average Bonchev–Trinajstić information content (AvgIpc) is 2.19. The molecule has 4 heteroatoms. The Bertz CT molecular complexity index is 178. The van der Waals surface area contributed by atoms with E-state index in [2.05, 4.69) is 11.8 Å². The first-order chi connectivity index (χ1) is 7.19. The molecule has 1 rings (SSSR count). The molecule has 1 fully saturated rings. The van der Waals surface area contributed by atoms with E-state index in [4.69, 9.17) is 10.5 Å². The number of methoxy groups -OCH3 is 1. The highest BCUT2D eigenvalue weighted by molar-refractivity contribution is 4.84. The van der Waals surface area contributed by atoms with Crippen molar-refractivity contribution in [2.45, 2.75) is 31.8 Å². The van der Waals surface area contributed by atoms with Crippen LogP contribution in [0.2, 0.25) is 0 Å². The number of ether oxygens (including phenoxy) is 1. The third kappa shape index (κ3) is 3.72. The minimum absolute atomic E-state index is 0.0488. The highest BCUT2D eigenvalue weighted by atomic mass is 16.5. The minimum Gasteiger partial charge on any atom is -0.395 e. The maximum atomic E-state index is 9.38. The van der Waals surface area contributed by atoms with Crippen LogP contribution in [0.15, 0.2) is 0 Å². The molecule has 0 aliphatic carbocycles. The van der Waals surface area contributed by atoms with Crippen LogP contribution < -0.4 is 5.73 Å². The van der Waals surface area contributed by atoms with E-state index in [1.807, 2.05) is 0 Å². The van der Waals surface area contributed by atoms with Crippen LogP contribution in [0.5, 0.6) is 0 Å². The third-order valence-electron chi connectivity index (χ3n) is 3.20. The SMILES string of the molecule is COCC(N)C(CO)N1CCCC(C)C1. The molecule has 1 aliphatic rings. The Balaban J connectivity index is 2.48. The normalized spacial score (nSPS) is 27.6. The standard InChI is InChI=1S/C11H24N2O2/c1-9-4-3-5-13(6-9)11(7-14)10(12)8-15-2/h9-11,14H,3-8,12H2,1-2H3. The molecule has 0 bridgehead atoms. The number of hydrogen-bond acceptors (Lipinski definition) is 4. The summed E-state index contributed by atoms with van der Waals surface area (Å²) in [6.45, 7) is 4.98. The second-order valence-corrected chi connectivity index (χ2v) is 4.61.